The summed E-state index contributed by atoms with van der Waals surface area (Å²) < 4.78 is 527. The fourth-order valence-corrected chi connectivity index (χ4v) is 11.7. The number of ether oxygens (including phenoxy) is 10. The summed E-state index contributed by atoms with van der Waals surface area (Å²) >= 11 is 0. The number of urea groups is 2. The molecule has 4 aliphatic heterocycles. The Hall–Kier alpha value is -6.26. The van der Waals surface area contributed by atoms with Gasteiger partial charge in [-0.3, -0.25) is 0 Å². The van der Waals surface area contributed by atoms with Crippen LogP contribution in [0.2, 0.25) is 0 Å². The maximum atomic E-state index is 14.9. The number of amides is 6. The second kappa shape index (κ2) is 43.4. The topological polar surface area (TPSA) is 556 Å². The molecule has 6 amide bonds. The number of carbonyl (C=O) groups excluding carboxylic acids is 4. The van der Waals surface area contributed by atoms with Gasteiger partial charge in [-0.05, 0) is 12.8 Å². The number of hydrogen-bond acceptors (Lipinski definition) is 30. The summed E-state index contributed by atoms with van der Waals surface area (Å²) in [6, 6.07) is -3.30. The lowest BCUT2D eigenvalue weighted by atomic mass is 9.88. The van der Waals surface area contributed by atoms with E-state index < -0.39 is 359 Å². The quantitative estimate of drug-likeness (QED) is 0.0285. The van der Waals surface area contributed by atoms with E-state index in [1.807, 2.05) is 10.6 Å². The molecule has 0 spiro atoms. The summed E-state index contributed by atoms with van der Waals surface area (Å²) in [5.74, 6) is -119. The minimum atomic E-state index is -9.03. The number of aliphatic hydroxyl groups excluding tert-OH is 16. The van der Waals surface area contributed by atoms with Crippen LogP contribution in [0.15, 0.2) is 0 Å². The number of carbonyl (C=O) groups is 4. The molecule has 4 aliphatic rings. The first-order valence-electron chi connectivity index (χ1n) is 36.8. The molecule has 778 valence electrons. The summed E-state index contributed by atoms with van der Waals surface area (Å²) in [5, 5.41) is 175. The zero-order valence-corrected chi connectivity index (χ0v) is 65.4. The van der Waals surface area contributed by atoms with Crippen molar-refractivity contribution in [2.75, 3.05) is 92.2 Å². The minimum Gasteiger partial charge on any atom is -0.447 e. The molecule has 0 saturated carbocycles. The van der Waals surface area contributed by atoms with Crippen molar-refractivity contribution in [3.63, 3.8) is 0 Å². The van der Waals surface area contributed by atoms with E-state index in [4.69, 9.17) is 47.4 Å². The Kier molecular flexibility index (Phi) is 38.8. The van der Waals surface area contributed by atoms with E-state index >= 15 is 0 Å². The molecule has 0 aliphatic carbocycles. The van der Waals surface area contributed by atoms with Crippen molar-refractivity contribution in [2.24, 2.45) is 0 Å². The summed E-state index contributed by atoms with van der Waals surface area (Å²) in [4.78, 5) is 53.9. The average molecular weight is 2040 g/mol. The molecule has 4 rings (SSSR count). The van der Waals surface area contributed by atoms with E-state index in [-0.39, 0.29) is 25.7 Å². The molecule has 20 atom stereocenters. The molecule has 0 aromatic rings. The van der Waals surface area contributed by atoms with Crippen LogP contribution in [0.5, 0.6) is 0 Å². The van der Waals surface area contributed by atoms with Gasteiger partial charge in [0.15, 0.2) is 25.2 Å². The van der Waals surface area contributed by atoms with Crippen LogP contribution in [0.25, 0.3) is 0 Å². The van der Waals surface area contributed by atoms with Gasteiger partial charge in [-0.1, -0.05) is 12.8 Å². The number of aliphatic hydroxyl groups is 16. The number of alkyl halides is 34. The molecule has 0 aromatic carbocycles. The Morgan fingerprint density at radius 1 is 0.250 bits per heavy atom. The molecule has 132 heavy (non-hydrogen) atoms. The number of unbranched alkanes of at least 4 members (excludes halogenated alkanes) is 3. The molecular formula is C62H82F34N6O30. The van der Waals surface area contributed by atoms with Crippen molar-refractivity contribution in [1.29, 1.82) is 0 Å². The first kappa shape index (κ1) is 118. The Balaban J connectivity index is 1.65. The van der Waals surface area contributed by atoms with Crippen LogP contribution in [-0.4, -0.2) is 427 Å². The third-order valence-corrected chi connectivity index (χ3v) is 19.9. The van der Waals surface area contributed by atoms with Crippen molar-refractivity contribution >= 4 is 24.2 Å². The normalized spacial score (nSPS) is 28.0. The van der Waals surface area contributed by atoms with Crippen molar-refractivity contribution in [3.05, 3.63) is 0 Å². The van der Waals surface area contributed by atoms with Crippen LogP contribution in [0, 0.1) is 0 Å². The van der Waals surface area contributed by atoms with Gasteiger partial charge >= 0.3 is 120 Å². The van der Waals surface area contributed by atoms with Gasteiger partial charge in [0.25, 0.3) is 0 Å². The predicted molar refractivity (Wildman–Crippen MR) is 345 cm³/mol. The second-order valence-electron chi connectivity index (χ2n) is 29.6. The highest BCUT2D eigenvalue weighted by Crippen LogP contribution is 2.67. The number of rotatable bonds is 47. The molecule has 0 unspecified atom stereocenters. The van der Waals surface area contributed by atoms with Gasteiger partial charge in [0.1, 0.15) is 122 Å². The SMILES string of the molecule is O=C(NCCCCCCNC(=O)NC(COC(=O)NCCC(F)(F)C(F)(F)C(F)(F)C(F)(F)C(F)(F)C(F)(F)C(F)(F)C(F)(F)F)(CO[C@@H]1O[C@H](CO)[C@H](O)[C@H](O)[C@H]1O)CO[C@@H]1O[C@H](CO)[C@H](O)[C@H](O)[C@H]1O)NC(COC(=O)NCCC(F)(F)C(F)(F)C(F)(F)C(F)(F)C(F)(F)C(F)(F)C(F)(F)C(F)(F)F)(CO[C@@H]1O[C@H](CO)[C@H](O)[C@H](O)[C@H]1O)CO[C@@H]1O[C@H](CO)[C@H](O)[C@H](O)[C@H]1O. The van der Waals surface area contributed by atoms with E-state index in [2.05, 4.69) is 10.6 Å². The number of hydrogen-bond donors (Lipinski definition) is 22. The van der Waals surface area contributed by atoms with Crippen LogP contribution in [-0.2, 0) is 47.4 Å². The second-order valence-corrected chi connectivity index (χ2v) is 29.6. The standard InChI is InChI=1S/C62H82F34N6O30/c63-47(64,49(67,68)51(71,72)53(75,76)55(79,80)57(83,84)59(87,88)61(91,92)93)5-9-99-43(121)127-19-45(15-123-37-33(115)29(111)25(107)21(11-103)129-37,16-124-38-34(116)30(112)26(108)22(12-104)130-38)101-41(119)97-7-3-1-2-4-8-98-42(120)102-46(17-125-39-35(117)31(113)27(109)23(13-105)131-39,18-126-40-36(118)32(114)28(110)24(14-106)132-40)20-128-44(122)100-10-6-48(65,66)50(69,70)52(73,74)54(77,78)56(81,82)58(85,86)60(89,90)62(94,95)96/h21-40,103-118H,1-20H2,(H,99,121)(H,100,122)(H2,97,101,119)(H2,98,102,120)/t21-,22-,23-,24-,25+,26+,27+,28+,29+,30+,31+,32+,33-,34-,35-,36-,37-,38-,39-,40-/m1/s1. The fourth-order valence-electron chi connectivity index (χ4n) is 11.7. The van der Waals surface area contributed by atoms with Crippen molar-refractivity contribution < 1.29 is 298 Å². The molecule has 0 bridgehead atoms. The van der Waals surface area contributed by atoms with E-state index in [0.29, 0.717) is 0 Å². The van der Waals surface area contributed by atoms with Gasteiger partial charge in [0.2, 0.25) is 0 Å². The third kappa shape index (κ3) is 24.0. The Morgan fingerprint density at radius 3 is 0.659 bits per heavy atom. The molecule has 4 heterocycles. The molecule has 70 heteroatoms. The van der Waals surface area contributed by atoms with Gasteiger partial charge in [-0.25, -0.2) is 19.2 Å². The summed E-state index contributed by atoms with van der Waals surface area (Å²) in [5.41, 5.74) is -6.00. The lowest BCUT2D eigenvalue weighted by Gasteiger charge is -2.43. The summed E-state index contributed by atoms with van der Waals surface area (Å²) in [7, 11) is 0. The van der Waals surface area contributed by atoms with Crippen molar-refractivity contribution in [3.8, 4) is 0 Å². The molecular weight excluding hydrogens is 1950 g/mol. The zero-order chi connectivity index (χ0) is 102. The van der Waals surface area contributed by atoms with Gasteiger partial charge in [-0.15, -0.1) is 0 Å². The third-order valence-electron chi connectivity index (χ3n) is 19.9. The van der Waals surface area contributed by atoms with E-state index in [9.17, 15) is 250 Å². The van der Waals surface area contributed by atoms with Crippen molar-refractivity contribution in [1.82, 2.24) is 31.9 Å². The largest absolute Gasteiger partial charge is 0.460 e. The number of halogens is 34. The van der Waals surface area contributed by atoms with Gasteiger partial charge < -0.3 is 161 Å². The number of nitrogens with one attached hydrogen (secondary N) is 6. The predicted octanol–water partition coefficient (Wildman–Crippen LogP) is 0.140. The van der Waals surface area contributed by atoms with Crippen LogP contribution in [0.4, 0.5) is 168 Å². The maximum Gasteiger partial charge on any atom is 0.460 e. The van der Waals surface area contributed by atoms with E-state index in [1.54, 1.807) is 0 Å². The molecule has 0 radical (unpaired) electrons. The van der Waals surface area contributed by atoms with Gasteiger partial charge in [0, 0.05) is 39.0 Å². The van der Waals surface area contributed by atoms with Gasteiger partial charge in [-0.2, -0.15) is 149 Å². The first-order chi connectivity index (χ1) is 59.7. The average Bonchev–Trinajstić information content (AvgIpc) is 0.697. The molecule has 4 saturated heterocycles. The highest BCUT2D eigenvalue weighted by atomic mass is 19.4. The highest BCUT2D eigenvalue weighted by molar-refractivity contribution is 5.75. The first-order valence-corrected chi connectivity index (χ1v) is 36.8. The van der Waals surface area contributed by atoms with E-state index in [0.717, 1.165) is 10.6 Å². The molecule has 36 nitrogen and oxygen atoms in total. The van der Waals surface area contributed by atoms with Crippen LogP contribution in [0.3, 0.4) is 0 Å². The number of alkyl carbamates (subject to hydrolysis) is 2. The summed E-state index contributed by atoms with van der Waals surface area (Å²) in [6.45, 7) is -21.2. The monoisotopic (exact) mass is 2040 g/mol. The smallest absolute Gasteiger partial charge is 0.447 e. The maximum absolute atomic E-state index is 14.9. The summed E-state index contributed by atoms with van der Waals surface area (Å²) in [6.07, 6.45) is -74.4. The highest BCUT2D eigenvalue weighted by Gasteiger charge is 2.97. The Labute approximate surface area is 712 Å². The molecule has 0 aromatic heterocycles. The van der Waals surface area contributed by atoms with E-state index in [1.165, 1.54) is 0 Å². The van der Waals surface area contributed by atoms with Gasteiger partial charge in [0.05, 0.1) is 52.9 Å². The van der Waals surface area contributed by atoms with Crippen LogP contribution < -0.4 is 31.9 Å². The lowest BCUT2D eigenvalue weighted by Crippen LogP contribution is -2.74. The fraction of sp³-hybridized carbons (Fsp3) is 0.935. The van der Waals surface area contributed by atoms with Crippen LogP contribution >= 0.6 is 0 Å². The van der Waals surface area contributed by atoms with Crippen LogP contribution in [0.1, 0.15) is 38.5 Å². The van der Waals surface area contributed by atoms with Crippen molar-refractivity contribution in [2.45, 2.75) is 268 Å². The Bertz CT molecular complexity index is 3390. The lowest BCUT2D eigenvalue weighted by molar-refractivity contribution is -0.461. The zero-order valence-electron chi connectivity index (χ0n) is 65.4. The molecule has 22 N–H and O–H groups in total. The molecule has 4 fully saturated rings. The Morgan fingerprint density at radius 2 is 0.455 bits per heavy atom. The minimum absolute atomic E-state index is 0.195.